The molecule has 1 amide bonds. The number of carbonyl (C=O) groups is 2. The lowest BCUT2D eigenvalue weighted by Crippen LogP contribution is -2.16. The van der Waals surface area contributed by atoms with Gasteiger partial charge in [0.15, 0.2) is 0 Å². The molecule has 1 saturated carbocycles. The van der Waals surface area contributed by atoms with Crippen LogP contribution in [0.4, 0.5) is 5.69 Å². The fourth-order valence-corrected chi connectivity index (χ4v) is 1.80. The minimum atomic E-state index is -0.974. The molecule has 1 aromatic rings. The quantitative estimate of drug-likeness (QED) is 0.839. The number of hydrogen-bond donors (Lipinski definition) is 2. The minimum Gasteiger partial charge on any atom is -0.481 e. The van der Waals surface area contributed by atoms with E-state index in [0.29, 0.717) is 12.1 Å². The van der Waals surface area contributed by atoms with Gasteiger partial charge in [-0.15, -0.1) is 0 Å². The zero-order valence-corrected chi connectivity index (χ0v) is 9.75. The second-order valence-electron chi connectivity index (χ2n) is 4.26. The first-order valence-electron chi connectivity index (χ1n) is 5.54. The van der Waals surface area contributed by atoms with Gasteiger partial charge < -0.3 is 10.4 Å². The van der Waals surface area contributed by atoms with E-state index in [0.717, 1.165) is 0 Å². The van der Waals surface area contributed by atoms with Gasteiger partial charge >= 0.3 is 5.97 Å². The third-order valence-corrected chi connectivity index (χ3v) is 2.97. The maximum atomic E-state index is 11.7. The van der Waals surface area contributed by atoms with Crippen LogP contribution in [0.5, 0.6) is 0 Å². The van der Waals surface area contributed by atoms with E-state index in [1.165, 1.54) is 18.2 Å². The normalized spacial score (nSPS) is 19.9. The largest absolute Gasteiger partial charge is 0.481 e. The lowest BCUT2D eigenvalue weighted by Gasteiger charge is -2.05. The highest BCUT2D eigenvalue weighted by Gasteiger charge is 2.48. The molecule has 94 valence electrons. The van der Waals surface area contributed by atoms with Crippen molar-refractivity contribution in [3.05, 3.63) is 29.3 Å². The summed E-state index contributed by atoms with van der Waals surface area (Å²) in [6.07, 6.45) is 0.336. The van der Waals surface area contributed by atoms with Crippen molar-refractivity contribution in [1.82, 2.24) is 0 Å². The van der Waals surface area contributed by atoms with Crippen molar-refractivity contribution in [2.75, 3.05) is 5.32 Å². The van der Waals surface area contributed by atoms with Gasteiger partial charge in [-0.1, -0.05) is 0 Å². The number of aliphatic carboxylic acids is 1. The fraction of sp³-hybridized carbons (Fsp3) is 0.231. The van der Waals surface area contributed by atoms with Crippen molar-refractivity contribution < 1.29 is 14.7 Å². The predicted octanol–water partition coefficient (Wildman–Crippen LogP) is 1.09. The van der Waals surface area contributed by atoms with E-state index in [-0.39, 0.29) is 17.0 Å². The van der Waals surface area contributed by atoms with Crippen LogP contribution in [-0.4, -0.2) is 17.0 Å². The van der Waals surface area contributed by atoms with Gasteiger partial charge in [0.2, 0.25) is 5.91 Å². The first-order chi connectivity index (χ1) is 9.06. The topological polar surface area (TPSA) is 114 Å². The molecule has 0 heterocycles. The van der Waals surface area contributed by atoms with E-state index in [9.17, 15) is 9.59 Å². The number of nitrogens with one attached hydrogen (secondary N) is 1. The Morgan fingerprint density at radius 1 is 1.21 bits per heavy atom. The summed E-state index contributed by atoms with van der Waals surface area (Å²) in [5.41, 5.74) is 0.790. The first kappa shape index (κ1) is 12.6. The average Bonchev–Trinajstić information content (AvgIpc) is 3.19. The molecule has 1 aliphatic carbocycles. The van der Waals surface area contributed by atoms with Crippen molar-refractivity contribution in [2.45, 2.75) is 6.42 Å². The molecule has 0 aliphatic heterocycles. The Kier molecular flexibility index (Phi) is 3.17. The van der Waals surface area contributed by atoms with Gasteiger partial charge in [-0.2, -0.15) is 10.5 Å². The zero-order chi connectivity index (χ0) is 14.0. The van der Waals surface area contributed by atoms with Gasteiger partial charge in [-0.25, -0.2) is 0 Å². The molecule has 2 rings (SSSR count). The number of nitrogens with zero attached hydrogens (tertiary/aromatic N) is 2. The zero-order valence-electron chi connectivity index (χ0n) is 9.75. The Labute approximate surface area is 108 Å². The van der Waals surface area contributed by atoms with Crippen LogP contribution >= 0.6 is 0 Å². The van der Waals surface area contributed by atoms with Crippen molar-refractivity contribution in [3.63, 3.8) is 0 Å². The maximum Gasteiger partial charge on any atom is 0.307 e. The van der Waals surface area contributed by atoms with Crippen molar-refractivity contribution in [1.29, 1.82) is 10.5 Å². The standard InChI is InChI=1S/C13H9N3O3/c14-5-7-1-2-9(3-8(7)6-15)16-12(17)10-4-11(10)13(18)19/h1-3,10-11H,4H2,(H,16,17)(H,18,19)/t10-,11+/m1/s1. The molecule has 2 atom stereocenters. The molecule has 0 saturated heterocycles. The Bertz CT molecular complexity index is 640. The Balaban J connectivity index is 2.09. The molecule has 1 aliphatic rings. The van der Waals surface area contributed by atoms with Crippen LogP contribution in [0.25, 0.3) is 0 Å². The highest BCUT2D eigenvalue weighted by atomic mass is 16.4. The van der Waals surface area contributed by atoms with E-state index in [2.05, 4.69) is 5.32 Å². The van der Waals surface area contributed by atoms with E-state index < -0.39 is 17.8 Å². The van der Waals surface area contributed by atoms with E-state index in [1.54, 1.807) is 0 Å². The average molecular weight is 255 g/mol. The molecule has 1 fully saturated rings. The summed E-state index contributed by atoms with van der Waals surface area (Å²) in [6, 6.07) is 8.08. The number of carboxylic acid groups (broad SMARTS) is 1. The Hall–Kier alpha value is -2.86. The molecule has 0 aromatic heterocycles. The summed E-state index contributed by atoms with van der Waals surface area (Å²) in [6.45, 7) is 0. The summed E-state index contributed by atoms with van der Waals surface area (Å²) in [7, 11) is 0. The minimum absolute atomic E-state index is 0.172. The monoisotopic (exact) mass is 255 g/mol. The third kappa shape index (κ3) is 2.53. The van der Waals surface area contributed by atoms with Crippen LogP contribution < -0.4 is 5.32 Å². The van der Waals surface area contributed by atoms with Crippen LogP contribution in [-0.2, 0) is 9.59 Å². The second-order valence-corrected chi connectivity index (χ2v) is 4.26. The molecule has 6 heteroatoms. The van der Waals surface area contributed by atoms with Crippen LogP contribution in [0.1, 0.15) is 17.5 Å². The highest BCUT2D eigenvalue weighted by Crippen LogP contribution is 2.39. The molecule has 0 bridgehead atoms. The summed E-state index contributed by atoms with van der Waals surface area (Å²) in [5, 5.41) is 28.9. The number of nitriles is 2. The molecular formula is C13H9N3O3. The van der Waals surface area contributed by atoms with Gasteiger partial charge in [0.05, 0.1) is 23.0 Å². The van der Waals surface area contributed by atoms with E-state index in [4.69, 9.17) is 15.6 Å². The molecular weight excluding hydrogens is 246 g/mol. The molecule has 0 unspecified atom stereocenters. The number of hydrogen-bond acceptors (Lipinski definition) is 4. The molecule has 1 aromatic carbocycles. The molecule has 0 radical (unpaired) electrons. The highest BCUT2D eigenvalue weighted by molar-refractivity contribution is 5.98. The van der Waals surface area contributed by atoms with Crippen molar-refractivity contribution in [2.24, 2.45) is 11.8 Å². The van der Waals surface area contributed by atoms with Gasteiger partial charge in [-0.3, -0.25) is 9.59 Å². The number of anilines is 1. The number of amides is 1. The maximum absolute atomic E-state index is 11.7. The molecule has 0 spiro atoms. The van der Waals surface area contributed by atoms with Gasteiger partial charge in [0.25, 0.3) is 0 Å². The summed E-state index contributed by atoms with van der Waals surface area (Å²) in [4.78, 5) is 22.4. The third-order valence-electron chi connectivity index (χ3n) is 2.97. The Morgan fingerprint density at radius 2 is 1.89 bits per heavy atom. The lowest BCUT2D eigenvalue weighted by atomic mass is 10.1. The first-order valence-corrected chi connectivity index (χ1v) is 5.54. The van der Waals surface area contributed by atoms with E-state index in [1.807, 2.05) is 12.1 Å². The number of rotatable bonds is 3. The molecule has 6 nitrogen and oxygen atoms in total. The van der Waals surface area contributed by atoms with Crippen LogP contribution in [0.3, 0.4) is 0 Å². The van der Waals surface area contributed by atoms with Gasteiger partial charge in [0, 0.05) is 5.69 Å². The van der Waals surface area contributed by atoms with Crippen LogP contribution in [0.15, 0.2) is 18.2 Å². The molecule has 2 N–H and O–H groups in total. The van der Waals surface area contributed by atoms with Crippen molar-refractivity contribution >= 4 is 17.6 Å². The number of carbonyl (C=O) groups excluding carboxylic acids is 1. The summed E-state index contributed by atoms with van der Waals surface area (Å²) >= 11 is 0. The van der Waals surface area contributed by atoms with Gasteiger partial charge in [0.1, 0.15) is 12.1 Å². The predicted molar refractivity (Wildman–Crippen MR) is 63.7 cm³/mol. The van der Waals surface area contributed by atoms with Crippen LogP contribution in [0, 0.1) is 34.5 Å². The van der Waals surface area contributed by atoms with Crippen molar-refractivity contribution in [3.8, 4) is 12.1 Å². The summed E-state index contributed by atoms with van der Waals surface area (Å²) < 4.78 is 0. The number of carboxylic acids is 1. The van der Waals surface area contributed by atoms with Gasteiger partial charge in [-0.05, 0) is 24.6 Å². The second kappa shape index (κ2) is 4.79. The SMILES string of the molecule is N#Cc1ccc(NC(=O)[C@@H]2C[C@@H]2C(=O)O)cc1C#N. The number of benzene rings is 1. The van der Waals surface area contributed by atoms with E-state index >= 15 is 0 Å². The fourth-order valence-electron chi connectivity index (χ4n) is 1.80. The van der Waals surface area contributed by atoms with Crippen LogP contribution in [0.2, 0.25) is 0 Å². The lowest BCUT2D eigenvalue weighted by molar-refractivity contribution is -0.139. The summed E-state index contributed by atoms with van der Waals surface area (Å²) in [5.74, 6) is -2.48. The molecule has 19 heavy (non-hydrogen) atoms. The smallest absolute Gasteiger partial charge is 0.307 e. The Morgan fingerprint density at radius 3 is 2.42 bits per heavy atom.